The van der Waals surface area contributed by atoms with Crippen LogP contribution in [0.2, 0.25) is 0 Å². The average molecular weight is 392 g/mol. The summed E-state index contributed by atoms with van der Waals surface area (Å²) in [6.45, 7) is 2.05. The molecule has 0 bridgehead atoms. The van der Waals surface area contributed by atoms with Gasteiger partial charge in [-0.05, 0) is 12.5 Å². The summed E-state index contributed by atoms with van der Waals surface area (Å²) < 4.78 is 5.25. The van der Waals surface area contributed by atoms with Crippen LogP contribution in [0.15, 0.2) is 56.9 Å². The smallest absolute Gasteiger partial charge is 0.299 e. The molecule has 0 atom stereocenters. The molecule has 0 aliphatic carbocycles. The third kappa shape index (κ3) is 3.06. The number of benzene rings is 1. The number of aromatic nitrogens is 6. The number of nitrogens with zero attached hydrogens (tertiary/aromatic N) is 5. The lowest BCUT2D eigenvalue weighted by molar-refractivity contribution is 0.696. The van der Waals surface area contributed by atoms with Crippen molar-refractivity contribution >= 4 is 17.2 Å². The number of rotatable bonds is 4. The van der Waals surface area contributed by atoms with Crippen LogP contribution >= 0.6 is 0 Å². The van der Waals surface area contributed by atoms with Crippen molar-refractivity contribution in [3.63, 3.8) is 0 Å². The number of hydrogen-bond acceptors (Lipinski definition) is 4. The van der Waals surface area contributed by atoms with Crippen LogP contribution in [0.1, 0.15) is 11.3 Å². The molecule has 9 heteroatoms. The van der Waals surface area contributed by atoms with Crippen LogP contribution in [0.4, 0.5) is 0 Å². The minimum atomic E-state index is -0.478. The SMILES string of the molecule is Cc1cc(=O)n(-c2nc3c(c(=O)n(C)c(=O)n3C)n2CC=Cc2ccccc2)[nH]1. The summed E-state index contributed by atoms with van der Waals surface area (Å²) in [6, 6.07) is 11.2. The number of aromatic amines is 1. The third-order valence-corrected chi connectivity index (χ3v) is 4.77. The first-order chi connectivity index (χ1) is 13.9. The second-order valence-electron chi connectivity index (χ2n) is 6.83. The number of aryl methyl sites for hydroxylation is 2. The van der Waals surface area contributed by atoms with E-state index in [9.17, 15) is 14.4 Å². The summed E-state index contributed by atoms with van der Waals surface area (Å²) >= 11 is 0. The van der Waals surface area contributed by atoms with E-state index in [0.717, 1.165) is 10.1 Å². The predicted octanol–water partition coefficient (Wildman–Crippen LogP) is 0.935. The highest BCUT2D eigenvalue weighted by molar-refractivity contribution is 5.72. The van der Waals surface area contributed by atoms with Gasteiger partial charge in [-0.3, -0.25) is 28.4 Å². The maximum atomic E-state index is 12.9. The standard InChI is InChI=1S/C20H20N6O3/c1-13-12-15(27)26(22-13)19-21-17-16(18(28)24(3)20(29)23(17)2)25(19)11-7-10-14-8-5-4-6-9-14/h4-10,12,22H,11H2,1-3H3. The van der Waals surface area contributed by atoms with Gasteiger partial charge >= 0.3 is 5.69 Å². The molecule has 1 aromatic carbocycles. The Morgan fingerprint density at radius 2 is 1.79 bits per heavy atom. The van der Waals surface area contributed by atoms with Gasteiger partial charge in [0.25, 0.3) is 11.1 Å². The molecular weight excluding hydrogens is 372 g/mol. The Hall–Kier alpha value is -3.88. The van der Waals surface area contributed by atoms with E-state index in [-0.39, 0.29) is 22.7 Å². The van der Waals surface area contributed by atoms with E-state index in [4.69, 9.17) is 0 Å². The van der Waals surface area contributed by atoms with Gasteiger partial charge in [0.15, 0.2) is 11.2 Å². The Balaban J connectivity index is 1.97. The third-order valence-electron chi connectivity index (χ3n) is 4.77. The molecule has 0 amide bonds. The van der Waals surface area contributed by atoms with Crippen LogP contribution in [0, 0.1) is 6.92 Å². The Morgan fingerprint density at radius 3 is 2.45 bits per heavy atom. The van der Waals surface area contributed by atoms with Crippen LogP contribution < -0.4 is 16.8 Å². The molecule has 0 unspecified atom stereocenters. The molecule has 1 N–H and O–H groups in total. The fourth-order valence-corrected chi connectivity index (χ4v) is 3.30. The average Bonchev–Trinajstić information content (AvgIpc) is 3.25. The molecule has 0 aliphatic heterocycles. The van der Waals surface area contributed by atoms with Gasteiger partial charge < -0.3 is 0 Å². The number of hydrogen-bond donors (Lipinski definition) is 1. The highest BCUT2D eigenvalue weighted by Crippen LogP contribution is 2.14. The van der Waals surface area contributed by atoms with Gasteiger partial charge in [-0.2, -0.15) is 9.67 Å². The second-order valence-corrected chi connectivity index (χ2v) is 6.83. The van der Waals surface area contributed by atoms with Crippen LogP contribution in [-0.2, 0) is 20.6 Å². The number of fused-ring (bicyclic) bond motifs is 1. The topological polar surface area (TPSA) is 99.6 Å². The molecule has 9 nitrogen and oxygen atoms in total. The lowest BCUT2D eigenvalue weighted by atomic mass is 10.2. The van der Waals surface area contributed by atoms with Gasteiger partial charge in [0.2, 0.25) is 5.95 Å². The maximum Gasteiger partial charge on any atom is 0.332 e. The second kappa shape index (κ2) is 6.93. The van der Waals surface area contributed by atoms with Crippen LogP contribution in [0.3, 0.4) is 0 Å². The predicted molar refractivity (Wildman–Crippen MR) is 110 cm³/mol. The summed E-state index contributed by atoms with van der Waals surface area (Å²) in [5.74, 6) is 0.245. The highest BCUT2D eigenvalue weighted by atomic mass is 16.2. The number of nitrogens with one attached hydrogen (secondary N) is 1. The molecule has 0 fully saturated rings. The highest BCUT2D eigenvalue weighted by Gasteiger charge is 2.20. The minimum Gasteiger partial charge on any atom is -0.299 e. The van der Waals surface area contributed by atoms with E-state index in [1.165, 1.54) is 22.4 Å². The number of H-pyrrole nitrogens is 1. The van der Waals surface area contributed by atoms with Crippen molar-refractivity contribution in [2.45, 2.75) is 13.5 Å². The van der Waals surface area contributed by atoms with Gasteiger partial charge in [0, 0.05) is 32.4 Å². The van der Waals surface area contributed by atoms with Crippen molar-refractivity contribution in [1.82, 2.24) is 28.5 Å². The first-order valence-electron chi connectivity index (χ1n) is 9.05. The van der Waals surface area contributed by atoms with Crippen molar-refractivity contribution in [3.05, 3.63) is 84.9 Å². The van der Waals surface area contributed by atoms with Gasteiger partial charge in [-0.15, -0.1) is 0 Å². The lowest BCUT2D eigenvalue weighted by Gasteiger charge is -2.07. The molecule has 0 saturated heterocycles. The van der Waals surface area contributed by atoms with Crippen molar-refractivity contribution in [2.75, 3.05) is 0 Å². The Bertz CT molecular complexity index is 1410. The molecule has 0 spiro atoms. The zero-order valence-corrected chi connectivity index (χ0v) is 16.3. The fraction of sp³-hybridized carbons (Fsp3) is 0.200. The van der Waals surface area contributed by atoms with Gasteiger partial charge in [-0.25, -0.2) is 4.79 Å². The quantitative estimate of drug-likeness (QED) is 0.559. The monoisotopic (exact) mass is 392 g/mol. The molecule has 3 aromatic heterocycles. The zero-order chi connectivity index (χ0) is 20.7. The van der Waals surface area contributed by atoms with E-state index in [2.05, 4.69) is 10.1 Å². The zero-order valence-electron chi connectivity index (χ0n) is 16.3. The minimum absolute atomic E-state index is 0.223. The summed E-state index contributed by atoms with van der Waals surface area (Å²) in [5.41, 5.74) is 0.900. The lowest BCUT2D eigenvalue weighted by Crippen LogP contribution is -2.37. The van der Waals surface area contributed by atoms with Gasteiger partial charge in [0.1, 0.15) is 0 Å². The van der Waals surface area contributed by atoms with Crippen molar-refractivity contribution in [1.29, 1.82) is 0 Å². The fourth-order valence-electron chi connectivity index (χ4n) is 3.30. The molecule has 0 aliphatic rings. The molecule has 0 radical (unpaired) electrons. The molecule has 3 heterocycles. The number of imidazole rings is 1. The Labute approximate surface area is 164 Å². The first-order valence-corrected chi connectivity index (χ1v) is 9.05. The molecule has 4 aromatic rings. The summed E-state index contributed by atoms with van der Waals surface area (Å²) in [4.78, 5) is 42.0. The summed E-state index contributed by atoms with van der Waals surface area (Å²) in [7, 11) is 2.97. The van der Waals surface area contributed by atoms with E-state index < -0.39 is 11.2 Å². The van der Waals surface area contributed by atoms with E-state index >= 15 is 0 Å². The van der Waals surface area contributed by atoms with Crippen LogP contribution in [0.5, 0.6) is 0 Å². The maximum absolute atomic E-state index is 12.9. The van der Waals surface area contributed by atoms with Crippen LogP contribution in [0.25, 0.3) is 23.2 Å². The summed E-state index contributed by atoms with van der Waals surface area (Å²) in [5, 5.41) is 2.94. The molecule has 29 heavy (non-hydrogen) atoms. The Morgan fingerprint density at radius 1 is 1.07 bits per heavy atom. The largest absolute Gasteiger partial charge is 0.332 e. The first kappa shape index (κ1) is 18.5. The van der Waals surface area contributed by atoms with Gasteiger partial charge in [-0.1, -0.05) is 42.5 Å². The van der Waals surface area contributed by atoms with Gasteiger partial charge in [0.05, 0.1) is 0 Å². The van der Waals surface area contributed by atoms with Crippen molar-refractivity contribution < 1.29 is 0 Å². The Kier molecular flexibility index (Phi) is 4.42. The molecular formula is C20H20N6O3. The number of allylic oxidation sites excluding steroid dienone is 1. The summed E-state index contributed by atoms with van der Waals surface area (Å²) in [6.07, 6.45) is 3.80. The molecule has 4 rings (SSSR count). The van der Waals surface area contributed by atoms with Crippen LogP contribution in [-0.4, -0.2) is 28.5 Å². The van der Waals surface area contributed by atoms with E-state index in [0.29, 0.717) is 12.2 Å². The van der Waals surface area contributed by atoms with Crippen molar-refractivity contribution in [3.8, 4) is 5.95 Å². The van der Waals surface area contributed by atoms with Crippen molar-refractivity contribution in [2.24, 2.45) is 14.1 Å². The normalized spacial score (nSPS) is 11.7. The molecule has 148 valence electrons. The van der Waals surface area contributed by atoms with E-state index in [1.54, 1.807) is 18.5 Å². The van der Waals surface area contributed by atoms with E-state index in [1.807, 2.05) is 42.5 Å². The molecule has 0 saturated carbocycles.